The minimum atomic E-state index is -0.136. The molecule has 0 spiro atoms. The van der Waals surface area contributed by atoms with Crippen LogP contribution in [0.25, 0.3) is 0 Å². The van der Waals surface area contributed by atoms with Crippen molar-refractivity contribution in [2.45, 2.75) is 0 Å². The summed E-state index contributed by atoms with van der Waals surface area (Å²) in [6.07, 6.45) is 0. The summed E-state index contributed by atoms with van der Waals surface area (Å²) in [7, 11) is 0. The Kier molecular flexibility index (Phi) is 2.57. The Morgan fingerprint density at radius 1 is 1.53 bits per heavy atom. The second kappa shape index (κ2) is 4.03. The lowest BCUT2D eigenvalue weighted by molar-refractivity contribution is -0.118. The molecule has 1 aromatic carbocycles. The van der Waals surface area contributed by atoms with Crippen LogP contribution in [0.4, 0.5) is 5.69 Å². The molecule has 0 fully saturated rings. The molecule has 4 nitrogen and oxygen atoms in total. The predicted molar refractivity (Wildman–Crippen MR) is 56.5 cm³/mol. The second-order valence-electron chi connectivity index (χ2n) is 3.05. The summed E-state index contributed by atoms with van der Waals surface area (Å²) in [4.78, 5) is 11.0. The van der Waals surface area contributed by atoms with Crippen LogP contribution >= 0.6 is 0 Å². The quantitative estimate of drug-likeness (QED) is 0.596. The van der Waals surface area contributed by atoms with Crippen molar-refractivity contribution >= 4 is 11.6 Å². The topological polar surface area (TPSA) is 64.3 Å². The van der Waals surface area contributed by atoms with Gasteiger partial charge in [-0.25, -0.2) is 0 Å². The summed E-state index contributed by atoms with van der Waals surface area (Å²) in [6.45, 7) is 0.384. The number of nitrogens with one attached hydrogen (secondary N) is 1. The first kappa shape index (κ1) is 9.56. The zero-order valence-corrected chi connectivity index (χ0v) is 8.04. The van der Waals surface area contributed by atoms with E-state index >= 15 is 0 Å². The van der Waals surface area contributed by atoms with Gasteiger partial charge in [0.2, 0.25) is 0 Å². The largest absolute Gasteiger partial charge is 0.482 e. The van der Waals surface area contributed by atoms with Gasteiger partial charge in [0.25, 0.3) is 5.91 Å². The standard InChI is InChI=1S/C11H10N2O2/c12-5-1-2-8-3-4-9-10(6-8)15-7-11(14)13-9/h3-4,6H,5,7,12H2,(H,13,14). The van der Waals surface area contributed by atoms with Crippen LogP contribution in [0.2, 0.25) is 0 Å². The van der Waals surface area contributed by atoms with E-state index in [4.69, 9.17) is 10.5 Å². The molecule has 4 heteroatoms. The van der Waals surface area contributed by atoms with E-state index < -0.39 is 0 Å². The number of hydrogen-bond acceptors (Lipinski definition) is 3. The van der Waals surface area contributed by atoms with Crippen LogP contribution in [0.3, 0.4) is 0 Å². The van der Waals surface area contributed by atoms with Crippen LogP contribution in [-0.2, 0) is 4.79 Å². The van der Waals surface area contributed by atoms with Crippen molar-refractivity contribution in [2.24, 2.45) is 5.73 Å². The summed E-state index contributed by atoms with van der Waals surface area (Å²) >= 11 is 0. The maximum atomic E-state index is 11.0. The van der Waals surface area contributed by atoms with Gasteiger partial charge in [-0.3, -0.25) is 4.79 Å². The maximum absolute atomic E-state index is 11.0. The van der Waals surface area contributed by atoms with Gasteiger partial charge in [0.15, 0.2) is 6.61 Å². The fraction of sp³-hybridized carbons (Fsp3) is 0.182. The lowest BCUT2D eigenvalue weighted by Crippen LogP contribution is -2.25. The summed E-state index contributed by atoms with van der Waals surface area (Å²) in [6, 6.07) is 5.38. The van der Waals surface area contributed by atoms with E-state index in [1.54, 1.807) is 12.1 Å². The van der Waals surface area contributed by atoms with Gasteiger partial charge < -0.3 is 15.8 Å². The molecule has 1 aliphatic rings. The van der Waals surface area contributed by atoms with Gasteiger partial charge in [-0.2, -0.15) is 0 Å². The van der Waals surface area contributed by atoms with E-state index in [2.05, 4.69) is 17.2 Å². The van der Waals surface area contributed by atoms with Crippen molar-refractivity contribution in [3.8, 4) is 17.6 Å². The summed E-state index contributed by atoms with van der Waals surface area (Å²) < 4.78 is 5.25. The Morgan fingerprint density at radius 2 is 2.40 bits per heavy atom. The number of nitrogens with two attached hydrogens (primary N) is 1. The van der Waals surface area contributed by atoms with E-state index in [1.807, 2.05) is 6.07 Å². The fourth-order valence-corrected chi connectivity index (χ4v) is 1.31. The zero-order chi connectivity index (χ0) is 10.7. The fourth-order valence-electron chi connectivity index (χ4n) is 1.31. The molecule has 1 heterocycles. The van der Waals surface area contributed by atoms with Crippen LogP contribution in [0.15, 0.2) is 18.2 Å². The van der Waals surface area contributed by atoms with Gasteiger partial charge in [-0.05, 0) is 18.2 Å². The van der Waals surface area contributed by atoms with Crippen molar-refractivity contribution in [3.63, 3.8) is 0 Å². The van der Waals surface area contributed by atoms with Crippen molar-refractivity contribution in [1.82, 2.24) is 0 Å². The number of carbonyl (C=O) groups excluding carboxylic acids is 1. The number of carbonyl (C=O) groups is 1. The number of rotatable bonds is 0. The van der Waals surface area contributed by atoms with Gasteiger partial charge in [0.05, 0.1) is 12.2 Å². The molecule has 1 amide bonds. The van der Waals surface area contributed by atoms with Crippen LogP contribution in [0, 0.1) is 11.8 Å². The Hall–Kier alpha value is -1.99. The molecular formula is C11H10N2O2. The number of fused-ring (bicyclic) bond motifs is 1. The maximum Gasteiger partial charge on any atom is 0.262 e. The predicted octanol–water partition coefficient (Wildman–Crippen LogP) is 0.328. The average molecular weight is 202 g/mol. The third kappa shape index (κ3) is 2.09. The zero-order valence-electron chi connectivity index (χ0n) is 8.04. The van der Waals surface area contributed by atoms with Gasteiger partial charge in [-0.1, -0.05) is 11.8 Å². The highest BCUT2D eigenvalue weighted by molar-refractivity contribution is 5.95. The monoisotopic (exact) mass is 202 g/mol. The van der Waals surface area contributed by atoms with Gasteiger partial charge in [0, 0.05) is 5.56 Å². The molecule has 0 saturated heterocycles. The average Bonchev–Trinajstić information content (AvgIpc) is 2.26. The van der Waals surface area contributed by atoms with E-state index in [0.29, 0.717) is 18.0 Å². The molecule has 1 aromatic rings. The Balaban J connectivity index is 2.30. The van der Waals surface area contributed by atoms with Gasteiger partial charge in [-0.15, -0.1) is 0 Å². The molecule has 76 valence electrons. The lowest BCUT2D eigenvalue weighted by atomic mass is 10.1. The lowest BCUT2D eigenvalue weighted by Gasteiger charge is -2.17. The third-order valence-corrected chi connectivity index (χ3v) is 1.95. The smallest absolute Gasteiger partial charge is 0.262 e. The third-order valence-electron chi connectivity index (χ3n) is 1.95. The Morgan fingerprint density at radius 3 is 3.20 bits per heavy atom. The summed E-state index contributed by atoms with van der Waals surface area (Å²) in [5, 5.41) is 2.71. The first-order valence-electron chi connectivity index (χ1n) is 4.55. The Bertz CT molecular complexity index is 457. The van der Waals surface area contributed by atoms with E-state index in [1.165, 1.54) is 0 Å². The van der Waals surface area contributed by atoms with E-state index in [-0.39, 0.29) is 12.5 Å². The number of ether oxygens (including phenoxy) is 1. The van der Waals surface area contributed by atoms with Crippen LogP contribution in [0.1, 0.15) is 5.56 Å². The van der Waals surface area contributed by atoms with Crippen molar-refractivity contribution in [3.05, 3.63) is 23.8 Å². The highest BCUT2D eigenvalue weighted by atomic mass is 16.5. The molecule has 15 heavy (non-hydrogen) atoms. The number of benzene rings is 1. The number of hydrogen-bond donors (Lipinski definition) is 2. The van der Waals surface area contributed by atoms with Crippen molar-refractivity contribution in [1.29, 1.82) is 0 Å². The molecule has 0 atom stereocenters. The first-order chi connectivity index (χ1) is 7.29. The van der Waals surface area contributed by atoms with E-state index in [0.717, 1.165) is 5.56 Å². The molecule has 3 N–H and O–H groups in total. The van der Waals surface area contributed by atoms with Crippen LogP contribution in [0.5, 0.6) is 5.75 Å². The number of anilines is 1. The molecular weight excluding hydrogens is 192 g/mol. The normalized spacial score (nSPS) is 13.0. The van der Waals surface area contributed by atoms with Crippen molar-refractivity contribution < 1.29 is 9.53 Å². The molecule has 0 aliphatic carbocycles. The SMILES string of the molecule is NCC#Cc1ccc2c(c1)OCC(=O)N2. The molecule has 0 saturated carbocycles. The second-order valence-corrected chi connectivity index (χ2v) is 3.05. The van der Waals surface area contributed by atoms with Crippen LogP contribution in [-0.4, -0.2) is 19.1 Å². The Labute approximate surface area is 87.4 Å². The van der Waals surface area contributed by atoms with Crippen molar-refractivity contribution in [2.75, 3.05) is 18.5 Å². The number of amides is 1. The van der Waals surface area contributed by atoms with Gasteiger partial charge >= 0.3 is 0 Å². The highest BCUT2D eigenvalue weighted by Crippen LogP contribution is 2.27. The molecule has 0 aromatic heterocycles. The molecule has 2 rings (SSSR count). The van der Waals surface area contributed by atoms with Crippen LogP contribution < -0.4 is 15.8 Å². The minimum absolute atomic E-state index is 0.0563. The van der Waals surface area contributed by atoms with Gasteiger partial charge in [0.1, 0.15) is 5.75 Å². The molecule has 0 bridgehead atoms. The minimum Gasteiger partial charge on any atom is -0.482 e. The highest BCUT2D eigenvalue weighted by Gasteiger charge is 2.15. The van der Waals surface area contributed by atoms with E-state index in [9.17, 15) is 4.79 Å². The summed E-state index contributed by atoms with van der Waals surface area (Å²) in [5.41, 5.74) is 6.78. The first-order valence-corrected chi connectivity index (χ1v) is 4.55. The molecule has 0 unspecified atom stereocenters. The molecule has 0 radical (unpaired) electrons. The summed E-state index contributed by atoms with van der Waals surface area (Å²) in [5.74, 6) is 6.17. The molecule has 1 aliphatic heterocycles.